The van der Waals surface area contributed by atoms with Crippen LogP contribution in [0, 0.1) is 0 Å². The van der Waals surface area contributed by atoms with E-state index in [1.807, 2.05) is 25.1 Å². The fourth-order valence-electron chi connectivity index (χ4n) is 2.24. The molecule has 1 aromatic carbocycles. The number of hydrogen-bond acceptors (Lipinski definition) is 6. The molecule has 0 unspecified atom stereocenters. The van der Waals surface area contributed by atoms with Crippen LogP contribution in [0.1, 0.15) is 25.3 Å². The lowest BCUT2D eigenvalue weighted by Gasteiger charge is -2.13. The molecule has 134 valence electrons. The molecular formula is C17H18BrNO4S2. The van der Waals surface area contributed by atoms with Gasteiger partial charge in [0.15, 0.2) is 0 Å². The molecule has 0 N–H and O–H groups in total. The maximum absolute atomic E-state index is 12.6. The first-order valence-corrected chi connectivity index (χ1v) is 9.72. The lowest BCUT2D eigenvalue weighted by molar-refractivity contribution is -0.141. The molecule has 5 nitrogen and oxygen atoms in total. The van der Waals surface area contributed by atoms with E-state index >= 15 is 0 Å². The third-order valence-corrected chi connectivity index (χ3v) is 5.29. The minimum absolute atomic E-state index is 0.151. The molecule has 25 heavy (non-hydrogen) atoms. The zero-order chi connectivity index (χ0) is 18.4. The monoisotopic (exact) mass is 443 g/mol. The van der Waals surface area contributed by atoms with E-state index in [1.165, 1.54) is 23.8 Å². The average molecular weight is 444 g/mol. The van der Waals surface area contributed by atoms with Gasteiger partial charge in [-0.05, 0) is 37.6 Å². The van der Waals surface area contributed by atoms with Gasteiger partial charge in [-0.1, -0.05) is 39.9 Å². The third kappa shape index (κ3) is 5.29. The van der Waals surface area contributed by atoms with E-state index in [4.69, 9.17) is 17.0 Å². The average Bonchev–Trinajstić information content (AvgIpc) is 2.84. The van der Waals surface area contributed by atoms with Gasteiger partial charge in [0.1, 0.15) is 10.1 Å². The van der Waals surface area contributed by atoms with Crippen molar-refractivity contribution >= 4 is 62.2 Å². The van der Waals surface area contributed by atoms with E-state index in [0.29, 0.717) is 34.5 Å². The Balaban J connectivity index is 2.14. The fourth-order valence-corrected chi connectivity index (χ4v) is 3.91. The lowest BCUT2D eigenvalue weighted by atomic mass is 10.2. The van der Waals surface area contributed by atoms with Crippen molar-refractivity contribution < 1.29 is 19.1 Å². The van der Waals surface area contributed by atoms with Gasteiger partial charge < -0.3 is 9.47 Å². The highest BCUT2D eigenvalue weighted by molar-refractivity contribution is 9.10. The van der Waals surface area contributed by atoms with Gasteiger partial charge in [-0.3, -0.25) is 14.5 Å². The van der Waals surface area contributed by atoms with Crippen molar-refractivity contribution in [1.82, 2.24) is 4.90 Å². The van der Waals surface area contributed by atoms with Crippen LogP contribution in [0.3, 0.4) is 0 Å². The van der Waals surface area contributed by atoms with Gasteiger partial charge in [0.25, 0.3) is 5.91 Å². The topological polar surface area (TPSA) is 55.8 Å². The van der Waals surface area contributed by atoms with E-state index in [0.717, 1.165) is 10.0 Å². The number of carbonyl (C=O) groups is 2. The van der Waals surface area contributed by atoms with Gasteiger partial charge in [0.05, 0.1) is 18.6 Å². The van der Waals surface area contributed by atoms with Crippen LogP contribution in [0.15, 0.2) is 27.6 Å². The Kier molecular flexibility index (Phi) is 7.46. The molecule has 1 aliphatic rings. The SMILES string of the molecule is CCOc1ccc(Br)cc1/C=C1\SC(=S)N(CCCC(=O)OC)C1=O. The number of thiocarbonyl (C=S) groups is 1. The standard InChI is InChI=1S/C17H18BrNO4S2/c1-3-23-13-7-6-12(18)9-11(13)10-14-16(21)19(17(24)25-14)8-4-5-15(20)22-2/h6-7,9-10H,3-5,8H2,1-2H3/b14-10-. The zero-order valence-electron chi connectivity index (χ0n) is 13.9. The van der Waals surface area contributed by atoms with Crippen molar-refractivity contribution in [1.29, 1.82) is 0 Å². The lowest BCUT2D eigenvalue weighted by Crippen LogP contribution is -2.29. The van der Waals surface area contributed by atoms with Crippen molar-refractivity contribution in [3.63, 3.8) is 0 Å². The normalized spacial score (nSPS) is 15.8. The first kappa shape index (κ1) is 19.9. The van der Waals surface area contributed by atoms with Gasteiger partial charge in [-0.2, -0.15) is 0 Å². The molecule has 0 aliphatic carbocycles. The third-order valence-electron chi connectivity index (χ3n) is 3.42. The number of amides is 1. The number of hydrogen-bond donors (Lipinski definition) is 0. The molecule has 0 atom stereocenters. The molecule has 0 bridgehead atoms. The Hall–Kier alpha value is -1.38. The number of carbonyl (C=O) groups excluding carboxylic acids is 2. The zero-order valence-corrected chi connectivity index (χ0v) is 17.1. The predicted molar refractivity (Wildman–Crippen MR) is 106 cm³/mol. The summed E-state index contributed by atoms with van der Waals surface area (Å²) in [5.41, 5.74) is 0.811. The van der Waals surface area contributed by atoms with E-state index < -0.39 is 0 Å². The first-order valence-electron chi connectivity index (χ1n) is 7.70. The van der Waals surface area contributed by atoms with E-state index in [-0.39, 0.29) is 18.3 Å². The molecule has 0 radical (unpaired) electrons. The quantitative estimate of drug-likeness (QED) is 0.360. The van der Waals surface area contributed by atoms with Crippen molar-refractivity contribution in [2.75, 3.05) is 20.3 Å². The number of halogens is 1. The summed E-state index contributed by atoms with van der Waals surface area (Å²) in [7, 11) is 1.35. The summed E-state index contributed by atoms with van der Waals surface area (Å²) in [4.78, 5) is 25.9. The number of ether oxygens (including phenoxy) is 2. The number of nitrogens with zero attached hydrogens (tertiary/aromatic N) is 1. The van der Waals surface area contributed by atoms with Crippen molar-refractivity contribution in [2.24, 2.45) is 0 Å². The molecule has 1 fully saturated rings. The summed E-state index contributed by atoms with van der Waals surface area (Å²) < 4.78 is 11.6. The summed E-state index contributed by atoms with van der Waals surface area (Å²) in [5, 5.41) is 0. The number of benzene rings is 1. The van der Waals surface area contributed by atoms with Crippen LogP contribution in [0.5, 0.6) is 5.75 Å². The Morgan fingerprint density at radius 3 is 2.88 bits per heavy atom. The summed E-state index contributed by atoms with van der Waals surface area (Å²) in [6.07, 6.45) is 2.55. The van der Waals surface area contributed by atoms with Gasteiger partial charge >= 0.3 is 5.97 Å². The second-order valence-electron chi connectivity index (χ2n) is 5.13. The largest absolute Gasteiger partial charge is 0.493 e. The Morgan fingerprint density at radius 1 is 1.44 bits per heavy atom. The fraction of sp³-hybridized carbons (Fsp3) is 0.353. The molecule has 1 amide bonds. The first-order chi connectivity index (χ1) is 12.0. The highest BCUT2D eigenvalue weighted by atomic mass is 79.9. The minimum Gasteiger partial charge on any atom is -0.493 e. The highest BCUT2D eigenvalue weighted by Gasteiger charge is 2.31. The van der Waals surface area contributed by atoms with Crippen molar-refractivity contribution in [3.8, 4) is 5.75 Å². The van der Waals surface area contributed by atoms with E-state index in [1.54, 1.807) is 6.08 Å². The van der Waals surface area contributed by atoms with E-state index in [9.17, 15) is 9.59 Å². The highest BCUT2D eigenvalue weighted by Crippen LogP contribution is 2.35. The van der Waals surface area contributed by atoms with Gasteiger partial charge in [0.2, 0.25) is 0 Å². The molecule has 1 aliphatic heterocycles. The number of rotatable bonds is 7. The molecule has 1 aromatic rings. The van der Waals surface area contributed by atoms with Gasteiger partial charge in [-0.25, -0.2) is 0 Å². The second kappa shape index (κ2) is 9.35. The summed E-state index contributed by atoms with van der Waals surface area (Å²) in [6.45, 7) is 2.84. The molecule has 8 heteroatoms. The molecule has 1 heterocycles. The molecule has 2 rings (SSSR count). The van der Waals surface area contributed by atoms with Crippen LogP contribution in [0.2, 0.25) is 0 Å². The smallest absolute Gasteiger partial charge is 0.305 e. The predicted octanol–water partition coefficient (Wildman–Crippen LogP) is 4.00. The second-order valence-corrected chi connectivity index (χ2v) is 7.72. The van der Waals surface area contributed by atoms with Crippen molar-refractivity contribution in [3.05, 3.63) is 33.1 Å². The maximum atomic E-state index is 12.6. The van der Waals surface area contributed by atoms with Crippen LogP contribution in [0.25, 0.3) is 6.08 Å². The Bertz CT molecular complexity index is 721. The molecular weight excluding hydrogens is 426 g/mol. The van der Waals surface area contributed by atoms with Gasteiger partial charge in [0, 0.05) is 23.0 Å². The summed E-state index contributed by atoms with van der Waals surface area (Å²) in [5.74, 6) is 0.264. The molecule has 1 saturated heterocycles. The van der Waals surface area contributed by atoms with Crippen LogP contribution in [-0.4, -0.2) is 41.4 Å². The number of methoxy groups -OCH3 is 1. The van der Waals surface area contributed by atoms with Crippen LogP contribution in [0.4, 0.5) is 0 Å². The van der Waals surface area contributed by atoms with Crippen LogP contribution >= 0.6 is 39.9 Å². The van der Waals surface area contributed by atoms with Gasteiger partial charge in [-0.15, -0.1) is 0 Å². The molecule has 0 spiro atoms. The summed E-state index contributed by atoms with van der Waals surface area (Å²) >= 11 is 9.99. The molecule has 0 saturated carbocycles. The Morgan fingerprint density at radius 2 is 2.20 bits per heavy atom. The number of thioether (sulfide) groups is 1. The Labute approximate surface area is 164 Å². The maximum Gasteiger partial charge on any atom is 0.305 e. The summed E-state index contributed by atoms with van der Waals surface area (Å²) in [6, 6.07) is 5.64. The van der Waals surface area contributed by atoms with E-state index in [2.05, 4.69) is 20.7 Å². The molecule has 0 aromatic heterocycles. The minimum atomic E-state index is -0.295. The van der Waals surface area contributed by atoms with Crippen molar-refractivity contribution in [2.45, 2.75) is 19.8 Å². The van der Waals surface area contributed by atoms with Crippen LogP contribution < -0.4 is 4.74 Å². The van der Waals surface area contributed by atoms with Crippen LogP contribution in [-0.2, 0) is 14.3 Å². The number of esters is 1.